The molecule has 0 radical (unpaired) electrons. The highest BCUT2D eigenvalue weighted by molar-refractivity contribution is 7.97. The van der Waals surface area contributed by atoms with E-state index < -0.39 is 11.9 Å². The van der Waals surface area contributed by atoms with E-state index in [0.29, 0.717) is 6.92 Å². The third-order valence-corrected chi connectivity index (χ3v) is 11.2. The zero-order valence-electron chi connectivity index (χ0n) is 24.7. The van der Waals surface area contributed by atoms with Gasteiger partial charge in [-0.15, -0.1) is 0 Å². The molecule has 41 heavy (non-hydrogen) atoms. The number of carbonyl (C=O) groups excluding carboxylic acids is 1. The highest BCUT2D eigenvalue weighted by Gasteiger charge is 2.52. The van der Waals surface area contributed by atoms with Crippen molar-refractivity contribution in [2.24, 2.45) is 23.2 Å². The Morgan fingerprint density at radius 2 is 1.15 bits per heavy atom. The molecule has 218 valence electrons. The van der Waals surface area contributed by atoms with Crippen LogP contribution in [0.5, 0.6) is 0 Å². The number of rotatable bonds is 6. The minimum atomic E-state index is -3.36. The standard InChI is InChI=1S/C22H23S.C14H20F2O2/c1-22(2,3)18-14-16-21(17-15-18)23(19-10-6-4-7-11-19)20-12-8-5-9-13-20;1-13(15,16)12(17)18-8-14-5-9-2-10(6-14)4-11(3-9)7-14/h4-17H,1-3H3;9-11H,2-8H2,1H3/q+1;. The molecule has 2 nitrogen and oxygen atoms in total. The molecule has 4 aliphatic carbocycles. The first-order chi connectivity index (χ1) is 19.4. The molecule has 0 aromatic heterocycles. The number of esters is 1. The van der Waals surface area contributed by atoms with Gasteiger partial charge in [-0.2, -0.15) is 8.78 Å². The van der Waals surface area contributed by atoms with E-state index in [2.05, 4.69) is 106 Å². The van der Waals surface area contributed by atoms with Crippen molar-refractivity contribution in [1.29, 1.82) is 0 Å². The second-order valence-electron chi connectivity index (χ2n) is 13.6. The smallest absolute Gasteiger partial charge is 0.376 e. The second kappa shape index (κ2) is 11.9. The molecule has 4 saturated carbocycles. The van der Waals surface area contributed by atoms with Gasteiger partial charge in [0.1, 0.15) is 0 Å². The summed E-state index contributed by atoms with van der Waals surface area (Å²) in [4.78, 5) is 15.3. The summed E-state index contributed by atoms with van der Waals surface area (Å²) in [7, 11) is -0.0497. The highest BCUT2D eigenvalue weighted by atomic mass is 32.2. The Bertz CT molecular complexity index is 1220. The quantitative estimate of drug-likeness (QED) is 0.215. The van der Waals surface area contributed by atoms with Gasteiger partial charge in [0.2, 0.25) is 0 Å². The molecule has 5 heteroatoms. The van der Waals surface area contributed by atoms with Crippen LogP contribution in [0.4, 0.5) is 8.78 Å². The van der Waals surface area contributed by atoms with E-state index in [-0.39, 0.29) is 28.3 Å². The summed E-state index contributed by atoms with van der Waals surface area (Å²) >= 11 is 0. The van der Waals surface area contributed by atoms with Crippen LogP contribution in [0.2, 0.25) is 0 Å². The van der Waals surface area contributed by atoms with E-state index in [4.69, 9.17) is 4.74 Å². The van der Waals surface area contributed by atoms with E-state index in [1.165, 1.54) is 39.5 Å². The van der Waals surface area contributed by atoms with Crippen LogP contribution < -0.4 is 0 Å². The average molecular weight is 578 g/mol. The molecule has 0 unspecified atom stereocenters. The normalized spacial score (nSPS) is 25.0. The topological polar surface area (TPSA) is 26.3 Å². The second-order valence-corrected chi connectivity index (χ2v) is 15.6. The number of halogens is 2. The van der Waals surface area contributed by atoms with E-state index in [1.54, 1.807) is 0 Å². The van der Waals surface area contributed by atoms with Crippen LogP contribution in [0, 0.1) is 23.2 Å². The van der Waals surface area contributed by atoms with Crippen LogP contribution in [0.15, 0.2) is 99.6 Å². The maximum Gasteiger partial charge on any atom is 0.376 e. The van der Waals surface area contributed by atoms with Crippen molar-refractivity contribution >= 4 is 16.9 Å². The summed E-state index contributed by atoms with van der Waals surface area (Å²) in [6, 6.07) is 30.7. The highest BCUT2D eigenvalue weighted by Crippen LogP contribution is 2.60. The fourth-order valence-corrected chi connectivity index (χ4v) is 9.51. The van der Waals surface area contributed by atoms with Gasteiger partial charge in [-0.3, -0.25) is 0 Å². The van der Waals surface area contributed by atoms with Gasteiger partial charge in [-0.1, -0.05) is 69.3 Å². The Morgan fingerprint density at radius 3 is 1.54 bits per heavy atom. The third-order valence-electron chi connectivity index (χ3n) is 8.95. The SMILES string of the molecule is CC(C)(C)c1ccc([S+](c2ccccc2)c2ccccc2)cc1.CC(F)(F)C(=O)OCC12CC3CC(CC(C3)C1)C2. The number of benzene rings is 3. The lowest BCUT2D eigenvalue weighted by atomic mass is 9.50. The Hall–Kier alpha value is -2.66. The van der Waals surface area contributed by atoms with E-state index >= 15 is 0 Å². The van der Waals surface area contributed by atoms with Crippen LogP contribution in [-0.2, 0) is 25.8 Å². The molecule has 4 aliphatic rings. The van der Waals surface area contributed by atoms with Crippen molar-refractivity contribution in [3.8, 4) is 0 Å². The summed E-state index contributed by atoms with van der Waals surface area (Å²) in [6.45, 7) is 7.59. The van der Waals surface area contributed by atoms with Crippen LogP contribution in [0.25, 0.3) is 0 Å². The maximum atomic E-state index is 12.8. The van der Waals surface area contributed by atoms with Gasteiger partial charge in [0.05, 0.1) is 17.5 Å². The number of hydrogen-bond donors (Lipinski definition) is 0. The number of alkyl halides is 2. The molecule has 0 aliphatic heterocycles. The molecule has 0 atom stereocenters. The molecule has 0 heterocycles. The van der Waals surface area contributed by atoms with Crippen molar-refractivity contribution in [1.82, 2.24) is 0 Å². The van der Waals surface area contributed by atoms with E-state index in [9.17, 15) is 13.6 Å². The fraction of sp³-hybridized carbons (Fsp3) is 0.472. The first kappa shape index (κ1) is 29.8. The Labute approximate surface area is 247 Å². The molecule has 0 spiro atoms. The van der Waals surface area contributed by atoms with Gasteiger partial charge >= 0.3 is 11.9 Å². The van der Waals surface area contributed by atoms with Crippen LogP contribution in [-0.4, -0.2) is 18.5 Å². The molecule has 4 bridgehead atoms. The lowest BCUT2D eigenvalue weighted by Crippen LogP contribution is -2.49. The molecule has 0 saturated heterocycles. The first-order valence-corrected chi connectivity index (χ1v) is 16.1. The summed E-state index contributed by atoms with van der Waals surface area (Å²) in [5.41, 5.74) is 1.60. The van der Waals surface area contributed by atoms with Gasteiger partial charge in [0.25, 0.3) is 0 Å². The summed E-state index contributed by atoms with van der Waals surface area (Å²) in [6.07, 6.45) is 7.12. The number of ether oxygens (including phenoxy) is 1. The monoisotopic (exact) mass is 577 g/mol. The lowest BCUT2D eigenvalue weighted by molar-refractivity contribution is -0.179. The zero-order chi connectivity index (χ0) is 29.3. The average Bonchev–Trinajstić information content (AvgIpc) is 2.92. The van der Waals surface area contributed by atoms with Gasteiger partial charge in [0.15, 0.2) is 14.7 Å². The van der Waals surface area contributed by atoms with Gasteiger partial charge in [-0.05, 0) is 104 Å². The lowest BCUT2D eigenvalue weighted by Gasteiger charge is -2.56. The van der Waals surface area contributed by atoms with Crippen molar-refractivity contribution in [2.75, 3.05) is 6.61 Å². The van der Waals surface area contributed by atoms with Crippen molar-refractivity contribution in [2.45, 2.75) is 92.2 Å². The Balaban J connectivity index is 0.000000169. The summed E-state index contributed by atoms with van der Waals surface area (Å²) in [5, 5.41) is 0. The molecule has 7 rings (SSSR count). The van der Waals surface area contributed by atoms with Crippen LogP contribution in [0.1, 0.15) is 71.8 Å². The predicted molar refractivity (Wildman–Crippen MR) is 162 cm³/mol. The van der Waals surface area contributed by atoms with Crippen molar-refractivity contribution in [3.05, 3.63) is 90.5 Å². The fourth-order valence-electron chi connectivity index (χ4n) is 7.42. The minimum Gasteiger partial charge on any atom is -0.461 e. The summed E-state index contributed by atoms with van der Waals surface area (Å²) < 4.78 is 30.5. The van der Waals surface area contributed by atoms with Gasteiger partial charge in [-0.25, -0.2) is 4.79 Å². The summed E-state index contributed by atoms with van der Waals surface area (Å²) in [5.74, 6) is -2.48. The molecular formula is C36H43F2O2S+. The Morgan fingerprint density at radius 1 is 0.732 bits per heavy atom. The molecule has 4 fully saturated rings. The maximum absolute atomic E-state index is 12.8. The van der Waals surface area contributed by atoms with E-state index in [0.717, 1.165) is 37.0 Å². The van der Waals surface area contributed by atoms with Crippen LogP contribution in [0.3, 0.4) is 0 Å². The Kier molecular flexibility index (Phi) is 8.66. The predicted octanol–water partition coefficient (Wildman–Crippen LogP) is 9.48. The number of hydrogen-bond acceptors (Lipinski definition) is 2. The van der Waals surface area contributed by atoms with Crippen LogP contribution >= 0.6 is 0 Å². The van der Waals surface area contributed by atoms with Gasteiger partial charge in [0, 0.05) is 12.3 Å². The largest absolute Gasteiger partial charge is 0.461 e. The van der Waals surface area contributed by atoms with Gasteiger partial charge < -0.3 is 4.74 Å². The third kappa shape index (κ3) is 7.23. The van der Waals surface area contributed by atoms with Crippen molar-refractivity contribution < 1.29 is 18.3 Å². The molecule has 0 N–H and O–H groups in total. The molecule has 0 amide bonds. The van der Waals surface area contributed by atoms with E-state index in [1.807, 2.05) is 0 Å². The minimum absolute atomic E-state index is 0.0235. The zero-order valence-corrected chi connectivity index (χ0v) is 25.6. The molecular weight excluding hydrogens is 534 g/mol. The molecule has 3 aromatic carbocycles. The molecule has 3 aromatic rings. The van der Waals surface area contributed by atoms with Crippen molar-refractivity contribution in [3.63, 3.8) is 0 Å². The number of carbonyl (C=O) groups is 1. The first-order valence-electron chi connectivity index (χ1n) is 14.9.